The first-order valence-electron chi connectivity index (χ1n) is 45.4. The predicted octanol–water partition coefficient (Wildman–Crippen LogP) is 30.6. The maximum atomic E-state index is 12.6. The minimum Gasteiger partial charge on any atom is -0.466 e. The molecule has 0 radical (unpaired) electrons. The molecule has 6 nitrogen and oxygen atoms in total. The van der Waals surface area contributed by atoms with Crippen molar-refractivity contribution in [3.05, 3.63) is 12.2 Å². The van der Waals surface area contributed by atoms with Crippen molar-refractivity contribution in [2.24, 2.45) is 0 Å². The molecule has 0 spiro atoms. The average Bonchev–Trinajstić information content (AvgIpc) is 2.69. The van der Waals surface area contributed by atoms with Crippen LogP contribution in [0.15, 0.2) is 12.2 Å². The Morgan fingerprint density at radius 2 is 0.485 bits per heavy atom. The van der Waals surface area contributed by atoms with Gasteiger partial charge in [0.2, 0.25) is 5.91 Å². The number of amides is 1. The molecule has 1 amide bonds. The van der Waals surface area contributed by atoms with E-state index in [4.69, 9.17) is 4.74 Å². The number of allylic oxidation sites excluding steroid dienone is 2. The highest BCUT2D eigenvalue weighted by Crippen LogP contribution is 2.22. The van der Waals surface area contributed by atoms with Crippen LogP contribution >= 0.6 is 0 Å². The molecule has 0 aliphatic heterocycles. The van der Waals surface area contributed by atoms with E-state index in [1.165, 1.54) is 462 Å². The number of esters is 1. The van der Waals surface area contributed by atoms with E-state index in [-0.39, 0.29) is 18.5 Å². The van der Waals surface area contributed by atoms with Gasteiger partial charge in [0, 0.05) is 12.8 Å². The Bertz CT molecular complexity index is 1480. The van der Waals surface area contributed by atoms with E-state index in [2.05, 4.69) is 31.3 Å². The summed E-state index contributed by atoms with van der Waals surface area (Å²) in [6, 6.07) is -0.539. The molecular weight excluding hydrogens is 1190 g/mol. The SMILES string of the molecule is CCCCCCCCCCCCCCCCCCCCCCCCCCCC(O)C(CO)NC(=O)CCCCCCCCCCCCCCCCCCC/C=C\CCCCCCCCCCCCCCCCCCCCOC(=O)CCCCCCCCCCCCCCCCCC. The molecule has 0 aromatic rings. The molecule has 578 valence electrons. The number of ether oxygens (including phenoxy) is 1. The van der Waals surface area contributed by atoms with E-state index in [0.717, 1.165) is 38.5 Å². The number of nitrogens with one attached hydrogen (secondary N) is 1. The van der Waals surface area contributed by atoms with Gasteiger partial charge in [-0.2, -0.15) is 0 Å². The largest absolute Gasteiger partial charge is 0.466 e. The van der Waals surface area contributed by atoms with Crippen LogP contribution in [0, 0.1) is 0 Å². The van der Waals surface area contributed by atoms with Gasteiger partial charge in [-0.1, -0.05) is 482 Å². The molecular formula is C91H179NO5. The summed E-state index contributed by atoms with van der Waals surface area (Å²) in [5, 5.41) is 23.5. The summed E-state index contributed by atoms with van der Waals surface area (Å²) in [7, 11) is 0. The van der Waals surface area contributed by atoms with E-state index in [1.807, 2.05) is 0 Å². The summed E-state index contributed by atoms with van der Waals surface area (Å²) in [6.07, 6.45) is 112. The fraction of sp³-hybridized carbons (Fsp3) is 0.956. The summed E-state index contributed by atoms with van der Waals surface area (Å²) in [6.45, 7) is 5.03. The molecule has 2 atom stereocenters. The molecule has 0 saturated heterocycles. The lowest BCUT2D eigenvalue weighted by Crippen LogP contribution is -2.45. The molecule has 0 aliphatic carbocycles. The van der Waals surface area contributed by atoms with E-state index in [9.17, 15) is 19.8 Å². The van der Waals surface area contributed by atoms with Gasteiger partial charge >= 0.3 is 5.97 Å². The molecule has 6 heteroatoms. The molecule has 3 N–H and O–H groups in total. The fourth-order valence-electron chi connectivity index (χ4n) is 14.9. The van der Waals surface area contributed by atoms with Crippen LogP contribution in [-0.4, -0.2) is 47.4 Å². The van der Waals surface area contributed by atoms with Crippen LogP contribution < -0.4 is 5.32 Å². The van der Waals surface area contributed by atoms with Gasteiger partial charge in [0.1, 0.15) is 0 Å². The van der Waals surface area contributed by atoms with Crippen molar-refractivity contribution in [2.45, 2.75) is 546 Å². The quantitative estimate of drug-likeness (QED) is 0.0320. The van der Waals surface area contributed by atoms with Gasteiger partial charge in [-0.3, -0.25) is 9.59 Å². The highest BCUT2D eigenvalue weighted by molar-refractivity contribution is 5.76. The minimum absolute atomic E-state index is 0.0236. The Morgan fingerprint density at radius 3 is 0.732 bits per heavy atom. The van der Waals surface area contributed by atoms with Crippen molar-refractivity contribution in [3.8, 4) is 0 Å². The van der Waals surface area contributed by atoms with Crippen molar-refractivity contribution < 1.29 is 24.5 Å². The lowest BCUT2D eigenvalue weighted by molar-refractivity contribution is -0.143. The summed E-state index contributed by atoms with van der Waals surface area (Å²) < 4.78 is 5.52. The van der Waals surface area contributed by atoms with Crippen molar-refractivity contribution in [1.82, 2.24) is 5.32 Å². The van der Waals surface area contributed by atoms with E-state index >= 15 is 0 Å². The van der Waals surface area contributed by atoms with Crippen LogP contribution in [0.1, 0.15) is 534 Å². The zero-order chi connectivity index (χ0) is 69.8. The molecule has 0 aromatic heterocycles. The molecule has 0 fully saturated rings. The third-order valence-electron chi connectivity index (χ3n) is 21.8. The number of aliphatic hydroxyl groups excluding tert-OH is 2. The van der Waals surface area contributed by atoms with Gasteiger partial charge in [-0.15, -0.1) is 0 Å². The molecule has 0 saturated carbocycles. The van der Waals surface area contributed by atoms with Gasteiger partial charge < -0.3 is 20.3 Å². The van der Waals surface area contributed by atoms with Crippen molar-refractivity contribution >= 4 is 11.9 Å². The minimum atomic E-state index is -0.663. The van der Waals surface area contributed by atoms with Crippen molar-refractivity contribution in [3.63, 3.8) is 0 Å². The Hall–Kier alpha value is -1.40. The lowest BCUT2D eigenvalue weighted by atomic mass is 10.0. The topological polar surface area (TPSA) is 95.9 Å². The second-order valence-corrected chi connectivity index (χ2v) is 31.6. The van der Waals surface area contributed by atoms with Crippen LogP contribution in [0.2, 0.25) is 0 Å². The molecule has 0 heterocycles. The van der Waals surface area contributed by atoms with Crippen molar-refractivity contribution in [2.75, 3.05) is 13.2 Å². The highest BCUT2D eigenvalue weighted by Gasteiger charge is 2.20. The number of hydrogen-bond donors (Lipinski definition) is 3. The highest BCUT2D eigenvalue weighted by atomic mass is 16.5. The summed E-state index contributed by atoms with van der Waals surface area (Å²) in [5.74, 6) is 0.00391. The number of carbonyl (C=O) groups excluding carboxylic acids is 2. The van der Waals surface area contributed by atoms with E-state index in [1.54, 1.807) is 0 Å². The Kier molecular flexibility index (Phi) is 85.7. The number of rotatable bonds is 87. The van der Waals surface area contributed by atoms with E-state index < -0.39 is 12.1 Å². The summed E-state index contributed by atoms with van der Waals surface area (Å²) in [5.41, 5.74) is 0. The Morgan fingerprint density at radius 1 is 0.278 bits per heavy atom. The zero-order valence-corrected chi connectivity index (χ0v) is 66.6. The number of carbonyl (C=O) groups is 2. The second kappa shape index (κ2) is 87.0. The predicted molar refractivity (Wildman–Crippen MR) is 430 cm³/mol. The van der Waals surface area contributed by atoms with E-state index in [0.29, 0.717) is 25.9 Å². The van der Waals surface area contributed by atoms with Crippen molar-refractivity contribution in [1.29, 1.82) is 0 Å². The smallest absolute Gasteiger partial charge is 0.305 e. The number of aliphatic hydroxyl groups is 2. The maximum Gasteiger partial charge on any atom is 0.305 e. The summed E-state index contributed by atoms with van der Waals surface area (Å²) >= 11 is 0. The van der Waals surface area contributed by atoms with Gasteiger partial charge in [0.15, 0.2) is 0 Å². The van der Waals surface area contributed by atoms with Crippen LogP contribution in [0.25, 0.3) is 0 Å². The second-order valence-electron chi connectivity index (χ2n) is 31.6. The standard InChI is InChI=1S/C91H179NO5/c1-3-5-7-9-11-13-15-17-19-21-22-23-24-40-43-46-49-52-55-59-63-67-71-75-79-83-89(94)88(87-93)92-90(95)84-80-76-72-68-64-60-56-53-50-47-44-41-38-36-34-32-30-28-26-25-27-29-31-33-35-37-39-42-45-48-51-54-58-62-66-70-74-78-82-86-97-91(96)85-81-77-73-69-65-61-57-20-18-16-14-12-10-8-6-4-2/h25-26,88-89,93-94H,3-24,27-87H2,1-2H3,(H,92,95)/b26-25-. The monoisotopic (exact) mass is 1370 g/mol. The average molecular weight is 1370 g/mol. The normalized spacial score (nSPS) is 12.4. The first kappa shape index (κ1) is 95.6. The fourth-order valence-corrected chi connectivity index (χ4v) is 14.9. The first-order chi connectivity index (χ1) is 48.0. The van der Waals surface area contributed by atoms with Crippen LogP contribution in [0.4, 0.5) is 0 Å². The van der Waals surface area contributed by atoms with Crippen LogP contribution in [0.5, 0.6) is 0 Å². The molecule has 0 rings (SSSR count). The zero-order valence-electron chi connectivity index (χ0n) is 66.6. The lowest BCUT2D eigenvalue weighted by Gasteiger charge is -2.22. The van der Waals surface area contributed by atoms with Gasteiger partial charge in [-0.05, 0) is 51.4 Å². The third-order valence-corrected chi connectivity index (χ3v) is 21.8. The number of hydrogen-bond acceptors (Lipinski definition) is 5. The molecule has 97 heavy (non-hydrogen) atoms. The Labute approximate surface area is 609 Å². The molecule has 0 aromatic carbocycles. The Balaban J connectivity index is 3.32. The molecule has 0 bridgehead atoms. The third kappa shape index (κ3) is 83.4. The summed E-state index contributed by atoms with van der Waals surface area (Å²) in [4.78, 5) is 24.7. The molecule has 0 aliphatic rings. The van der Waals surface area contributed by atoms with Gasteiger partial charge in [-0.25, -0.2) is 0 Å². The van der Waals surface area contributed by atoms with Gasteiger partial charge in [0.05, 0.1) is 25.4 Å². The first-order valence-corrected chi connectivity index (χ1v) is 45.4. The van der Waals surface area contributed by atoms with Crippen LogP contribution in [0.3, 0.4) is 0 Å². The van der Waals surface area contributed by atoms with Gasteiger partial charge in [0.25, 0.3) is 0 Å². The van der Waals surface area contributed by atoms with Crippen LogP contribution in [-0.2, 0) is 14.3 Å². The maximum absolute atomic E-state index is 12.6. The number of unbranched alkanes of at least 4 members (excludes halogenated alkanes) is 74. The molecule has 2 unspecified atom stereocenters.